The van der Waals surface area contributed by atoms with Crippen molar-refractivity contribution < 1.29 is 22.7 Å². The number of carbonyl (C=O) groups excluding carboxylic acids is 1. The standard InChI is InChI=1S/C14H12ClF3O2/c1-2-20-12(19)13(14(16,17)18)8-10(13)7-9-3-5-11(15)6-4-9/h3-6,8H,2,7H2,1H3. The van der Waals surface area contributed by atoms with Crippen molar-refractivity contribution in [2.24, 2.45) is 5.41 Å². The summed E-state index contributed by atoms with van der Waals surface area (Å²) >= 11 is 5.72. The topological polar surface area (TPSA) is 26.3 Å². The number of halogens is 4. The largest absolute Gasteiger partial charge is 0.465 e. The van der Waals surface area contributed by atoms with E-state index in [1.807, 2.05) is 0 Å². The van der Waals surface area contributed by atoms with Gasteiger partial charge in [-0.25, -0.2) is 0 Å². The Morgan fingerprint density at radius 1 is 1.30 bits per heavy atom. The first-order valence-electron chi connectivity index (χ1n) is 6.02. The predicted octanol–water partition coefficient (Wildman–Crippen LogP) is 3.93. The maximum Gasteiger partial charge on any atom is 0.412 e. The smallest absolute Gasteiger partial charge is 0.412 e. The predicted molar refractivity (Wildman–Crippen MR) is 68.4 cm³/mol. The summed E-state index contributed by atoms with van der Waals surface area (Å²) in [5.41, 5.74) is -1.86. The number of rotatable bonds is 4. The molecule has 0 aliphatic heterocycles. The highest BCUT2D eigenvalue weighted by molar-refractivity contribution is 6.30. The first-order chi connectivity index (χ1) is 9.31. The number of esters is 1. The van der Waals surface area contributed by atoms with E-state index in [-0.39, 0.29) is 18.6 Å². The highest BCUT2D eigenvalue weighted by Gasteiger charge is 2.69. The lowest BCUT2D eigenvalue weighted by Crippen LogP contribution is -2.37. The van der Waals surface area contributed by atoms with Gasteiger partial charge in [0.2, 0.25) is 5.41 Å². The zero-order chi connectivity index (χ0) is 15.0. The SMILES string of the molecule is CCOC(=O)C1(C(F)(F)F)C=C1Cc1ccc(Cl)cc1. The van der Waals surface area contributed by atoms with Crippen LogP contribution in [-0.4, -0.2) is 18.8 Å². The molecule has 6 heteroatoms. The molecular weight excluding hydrogens is 293 g/mol. The van der Waals surface area contributed by atoms with Crippen LogP contribution in [-0.2, 0) is 16.0 Å². The van der Waals surface area contributed by atoms with Crippen LogP contribution in [0.5, 0.6) is 0 Å². The van der Waals surface area contributed by atoms with E-state index in [1.165, 1.54) is 6.92 Å². The van der Waals surface area contributed by atoms with Crippen molar-refractivity contribution in [3.8, 4) is 0 Å². The molecule has 2 rings (SSSR count). The van der Waals surface area contributed by atoms with E-state index in [2.05, 4.69) is 4.74 Å². The third-order valence-electron chi connectivity index (χ3n) is 3.17. The Morgan fingerprint density at radius 3 is 2.40 bits per heavy atom. The lowest BCUT2D eigenvalue weighted by atomic mass is 9.96. The summed E-state index contributed by atoms with van der Waals surface area (Å²) in [6.07, 6.45) is -3.68. The molecule has 0 bridgehead atoms. The Morgan fingerprint density at radius 2 is 1.90 bits per heavy atom. The molecule has 0 N–H and O–H groups in total. The second-order valence-electron chi connectivity index (χ2n) is 4.50. The third kappa shape index (κ3) is 2.54. The number of ether oxygens (including phenoxy) is 1. The molecule has 0 radical (unpaired) electrons. The summed E-state index contributed by atoms with van der Waals surface area (Å²) < 4.78 is 43.9. The normalized spacial score (nSPS) is 21.4. The number of hydrogen-bond donors (Lipinski definition) is 0. The molecule has 0 saturated heterocycles. The summed E-state index contributed by atoms with van der Waals surface area (Å²) in [6, 6.07) is 6.46. The van der Waals surface area contributed by atoms with Crippen LogP contribution in [0.4, 0.5) is 13.2 Å². The molecule has 0 amide bonds. The minimum absolute atomic E-state index is 0.0192. The van der Waals surface area contributed by atoms with Gasteiger partial charge in [-0.2, -0.15) is 13.2 Å². The summed E-state index contributed by atoms with van der Waals surface area (Å²) in [5, 5.41) is 0.506. The van der Waals surface area contributed by atoms with Gasteiger partial charge in [0.15, 0.2) is 0 Å². The van der Waals surface area contributed by atoms with E-state index in [4.69, 9.17) is 11.6 Å². The first kappa shape index (κ1) is 14.9. The minimum atomic E-state index is -4.67. The molecule has 0 spiro atoms. The average molecular weight is 305 g/mol. The van der Waals surface area contributed by atoms with Crippen LogP contribution < -0.4 is 0 Å². The van der Waals surface area contributed by atoms with Crippen LogP contribution in [0.1, 0.15) is 12.5 Å². The maximum absolute atomic E-state index is 13.1. The number of alkyl halides is 3. The quantitative estimate of drug-likeness (QED) is 0.622. The van der Waals surface area contributed by atoms with Crippen LogP contribution in [0.15, 0.2) is 35.9 Å². The van der Waals surface area contributed by atoms with Crippen molar-refractivity contribution in [1.29, 1.82) is 0 Å². The molecule has 1 unspecified atom stereocenters. The summed E-state index contributed by atoms with van der Waals surface area (Å²) in [4.78, 5) is 11.6. The van der Waals surface area contributed by atoms with Crippen molar-refractivity contribution in [2.75, 3.05) is 6.61 Å². The number of carbonyl (C=O) groups is 1. The average Bonchev–Trinajstić information content (AvgIpc) is 3.08. The Kier molecular flexibility index (Phi) is 3.82. The molecular formula is C14H12ClF3O2. The molecule has 1 aliphatic rings. The van der Waals surface area contributed by atoms with Crippen LogP contribution >= 0.6 is 11.6 Å². The van der Waals surface area contributed by atoms with Crippen LogP contribution in [0.25, 0.3) is 0 Å². The Hall–Kier alpha value is -1.49. The zero-order valence-corrected chi connectivity index (χ0v) is 11.4. The van der Waals surface area contributed by atoms with E-state index in [9.17, 15) is 18.0 Å². The molecule has 0 heterocycles. The van der Waals surface area contributed by atoms with Gasteiger partial charge in [-0.3, -0.25) is 4.79 Å². The second kappa shape index (κ2) is 5.13. The summed E-state index contributed by atoms with van der Waals surface area (Å²) in [5.74, 6) is -1.25. The summed E-state index contributed by atoms with van der Waals surface area (Å²) in [7, 11) is 0. The van der Waals surface area contributed by atoms with Gasteiger partial charge in [-0.15, -0.1) is 0 Å². The van der Waals surface area contributed by atoms with Gasteiger partial charge in [-0.05, 0) is 36.6 Å². The zero-order valence-electron chi connectivity index (χ0n) is 10.6. The highest BCUT2D eigenvalue weighted by atomic mass is 35.5. The van der Waals surface area contributed by atoms with Gasteiger partial charge in [0, 0.05) is 5.02 Å². The van der Waals surface area contributed by atoms with Crippen molar-refractivity contribution in [1.82, 2.24) is 0 Å². The monoisotopic (exact) mass is 304 g/mol. The van der Waals surface area contributed by atoms with Crippen LogP contribution in [0.2, 0.25) is 5.02 Å². The van der Waals surface area contributed by atoms with Crippen molar-refractivity contribution in [3.05, 3.63) is 46.5 Å². The van der Waals surface area contributed by atoms with E-state index >= 15 is 0 Å². The lowest BCUT2D eigenvalue weighted by Gasteiger charge is -2.20. The molecule has 108 valence electrons. The molecule has 1 aliphatic carbocycles. The summed E-state index contributed by atoms with van der Waals surface area (Å²) in [6.45, 7) is 1.39. The first-order valence-corrected chi connectivity index (χ1v) is 6.39. The van der Waals surface area contributed by atoms with Crippen LogP contribution in [0.3, 0.4) is 0 Å². The van der Waals surface area contributed by atoms with Gasteiger partial charge in [0.05, 0.1) is 6.61 Å². The molecule has 1 atom stereocenters. The van der Waals surface area contributed by atoms with Gasteiger partial charge in [0.25, 0.3) is 0 Å². The molecule has 2 nitrogen and oxygen atoms in total. The molecule has 1 aromatic rings. The lowest BCUT2D eigenvalue weighted by molar-refractivity contribution is -0.201. The number of hydrogen-bond acceptors (Lipinski definition) is 2. The fourth-order valence-electron chi connectivity index (χ4n) is 2.05. The second-order valence-corrected chi connectivity index (χ2v) is 4.94. The maximum atomic E-state index is 13.1. The van der Waals surface area contributed by atoms with Gasteiger partial charge in [-0.1, -0.05) is 29.8 Å². The van der Waals surface area contributed by atoms with Crippen LogP contribution in [0, 0.1) is 5.41 Å². The Bertz CT molecular complexity index is 549. The highest BCUT2D eigenvalue weighted by Crippen LogP contribution is 2.57. The molecule has 20 heavy (non-hydrogen) atoms. The number of benzene rings is 1. The Balaban J connectivity index is 2.16. The minimum Gasteiger partial charge on any atom is -0.465 e. The van der Waals surface area contributed by atoms with E-state index < -0.39 is 17.6 Å². The van der Waals surface area contributed by atoms with E-state index in [1.54, 1.807) is 24.3 Å². The van der Waals surface area contributed by atoms with E-state index in [0.717, 1.165) is 6.08 Å². The molecule has 0 saturated carbocycles. The van der Waals surface area contributed by atoms with Crippen molar-refractivity contribution in [3.63, 3.8) is 0 Å². The Labute approximate surface area is 119 Å². The molecule has 1 aromatic carbocycles. The van der Waals surface area contributed by atoms with Gasteiger partial charge >= 0.3 is 12.1 Å². The molecule has 0 fully saturated rings. The van der Waals surface area contributed by atoms with E-state index in [0.29, 0.717) is 10.6 Å². The fraction of sp³-hybridized carbons (Fsp3) is 0.357. The molecule has 0 aromatic heterocycles. The third-order valence-corrected chi connectivity index (χ3v) is 3.42. The van der Waals surface area contributed by atoms with Gasteiger partial charge in [0.1, 0.15) is 0 Å². The van der Waals surface area contributed by atoms with Crippen molar-refractivity contribution in [2.45, 2.75) is 19.5 Å². The fourth-order valence-corrected chi connectivity index (χ4v) is 2.18. The van der Waals surface area contributed by atoms with Crippen molar-refractivity contribution >= 4 is 17.6 Å². The van der Waals surface area contributed by atoms with Gasteiger partial charge < -0.3 is 4.74 Å².